The second-order valence-corrected chi connectivity index (χ2v) is 3.94. The van der Waals surface area contributed by atoms with Gasteiger partial charge < -0.3 is 10.6 Å². The molecule has 15 heavy (non-hydrogen) atoms. The minimum absolute atomic E-state index is 0.0932. The number of amides is 1. The molecule has 0 atom stereocenters. The second kappa shape index (κ2) is 4.68. The molecule has 0 aliphatic carbocycles. The van der Waals surface area contributed by atoms with Crippen molar-refractivity contribution < 1.29 is 4.79 Å². The predicted octanol–water partition coefficient (Wildman–Crippen LogP) is 1.20. The number of rotatable bonds is 4. The van der Waals surface area contributed by atoms with Gasteiger partial charge in [0.1, 0.15) is 0 Å². The molecule has 0 radical (unpaired) electrons. The lowest BCUT2D eigenvalue weighted by molar-refractivity contribution is -0.115. The quantitative estimate of drug-likeness (QED) is 0.407. The van der Waals surface area contributed by atoms with Gasteiger partial charge in [0.25, 0.3) is 0 Å². The largest absolute Gasteiger partial charge is 0.326 e. The van der Waals surface area contributed by atoms with E-state index in [1.54, 1.807) is 0 Å². The van der Waals surface area contributed by atoms with Gasteiger partial charge in [0.15, 0.2) is 0 Å². The van der Waals surface area contributed by atoms with Crippen LogP contribution in [0.4, 0.5) is 5.69 Å². The molecule has 0 saturated carbocycles. The van der Waals surface area contributed by atoms with Crippen molar-refractivity contribution in [2.45, 2.75) is 12.8 Å². The summed E-state index contributed by atoms with van der Waals surface area (Å²) >= 11 is 4.08. The average molecular weight is 222 g/mol. The Morgan fingerprint density at radius 2 is 2.33 bits per heavy atom. The standard InChI is InChI=1S/C11H14N2OS/c14-11-6-9-5-8(3-4-12-7-15)1-2-10(9)13-11/h1-2,5,12,15H,3-4,6-7H2,(H,13,14). The number of nitrogens with one attached hydrogen (secondary N) is 2. The third-order valence-corrected chi connectivity index (χ3v) is 2.72. The van der Waals surface area contributed by atoms with Gasteiger partial charge in [0.2, 0.25) is 5.91 Å². The molecule has 80 valence electrons. The Kier molecular flexibility index (Phi) is 3.28. The average Bonchev–Trinajstić information content (AvgIpc) is 2.57. The molecular weight excluding hydrogens is 208 g/mol. The zero-order valence-corrected chi connectivity index (χ0v) is 9.31. The number of anilines is 1. The van der Waals surface area contributed by atoms with Crippen LogP contribution >= 0.6 is 12.6 Å². The number of fused-ring (bicyclic) bond motifs is 1. The van der Waals surface area contributed by atoms with Gasteiger partial charge in [0, 0.05) is 11.6 Å². The first-order valence-electron chi connectivity index (χ1n) is 5.03. The van der Waals surface area contributed by atoms with Gasteiger partial charge in [-0.1, -0.05) is 12.1 Å². The Balaban J connectivity index is 2.03. The van der Waals surface area contributed by atoms with Crippen molar-refractivity contribution in [2.24, 2.45) is 0 Å². The number of carbonyl (C=O) groups excluding carboxylic acids is 1. The van der Waals surface area contributed by atoms with Crippen molar-refractivity contribution in [3.8, 4) is 0 Å². The van der Waals surface area contributed by atoms with Crippen molar-refractivity contribution in [2.75, 3.05) is 17.7 Å². The van der Waals surface area contributed by atoms with Crippen LogP contribution in [0, 0.1) is 0 Å². The maximum Gasteiger partial charge on any atom is 0.228 e. The van der Waals surface area contributed by atoms with Crippen LogP contribution in [0.25, 0.3) is 0 Å². The molecule has 2 N–H and O–H groups in total. The van der Waals surface area contributed by atoms with Gasteiger partial charge in [-0.05, 0) is 30.2 Å². The van der Waals surface area contributed by atoms with Gasteiger partial charge in [-0.2, -0.15) is 12.6 Å². The topological polar surface area (TPSA) is 41.1 Å². The summed E-state index contributed by atoms with van der Waals surface area (Å²) in [5, 5.41) is 5.98. The molecule has 0 unspecified atom stereocenters. The van der Waals surface area contributed by atoms with Gasteiger partial charge in [-0.25, -0.2) is 0 Å². The Morgan fingerprint density at radius 1 is 1.47 bits per heavy atom. The lowest BCUT2D eigenvalue weighted by Crippen LogP contribution is -2.14. The Labute approximate surface area is 94.7 Å². The highest BCUT2D eigenvalue weighted by Crippen LogP contribution is 2.23. The molecule has 0 spiro atoms. The van der Waals surface area contributed by atoms with Crippen LogP contribution < -0.4 is 10.6 Å². The van der Waals surface area contributed by atoms with E-state index in [4.69, 9.17) is 0 Å². The fourth-order valence-corrected chi connectivity index (χ4v) is 1.91. The summed E-state index contributed by atoms with van der Waals surface area (Å²) in [5.41, 5.74) is 3.34. The van der Waals surface area contributed by atoms with Gasteiger partial charge in [-0.3, -0.25) is 4.79 Å². The summed E-state index contributed by atoms with van der Waals surface area (Å²) in [6.07, 6.45) is 1.49. The number of benzene rings is 1. The second-order valence-electron chi connectivity index (χ2n) is 3.62. The van der Waals surface area contributed by atoms with Crippen LogP contribution in [-0.2, 0) is 17.6 Å². The van der Waals surface area contributed by atoms with Crippen LogP contribution in [0.3, 0.4) is 0 Å². The van der Waals surface area contributed by atoms with E-state index in [0.29, 0.717) is 12.3 Å². The molecule has 2 rings (SSSR count). The van der Waals surface area contributed by atoms with Crippen LogP contribution in [0.2, 0.25) is 0 Å². The maximum atomic E-state index is 11.1. The van der Waals surface area contributed by atoms with E-state index in [1.807, 2.05) is 6.07 Å². The lowest BCUT2D eigenvalue weighted by Gasteiger charge is -2.04. The Bertz CT molecular complexity index is 379. The van der Waals surface area contributed by atoms with Crippen LogP contribution in [-0.4, -0.2) is 18.3 Å². The van der Waals surface area contributed by atoms with Crippen molar-refractivity contribution in [3.63, 3.8) is 0 Å². The van der Waals surface area contributed by atoms with Gasteiger partial charge >= 0.3 is 0 Å². The molecule has 0 fully saturated rings. The van der Waals surface area contributed by atoms with Crippen LogP contribution in [0.15, 0.2) is 18.2 Å². The molecule has 0 aromatic heterocycles. The summed E-state index contributed by atoms with van der Waals surface area (Å²) < 4.78 is 0. The number of hydrogen-bond donors (Lipinski definition) is 3. The Hall–Kier alpha value is -1.00. The van der Waals surface area contributed by atoms with Gasteiger partial charge in [0.05, 0.1) is 6.42 Å². The fraction of sp³-hybridized carbons (Fsp3) is 0.364. The third-order valence-electron chi connectivity index (χ3n) is 2.50. The number of carbonyl (C=O) groups is 1. The van der Waals surface area contributed by atoms with Gasteiger partial charge in [-0.15, -0.1) is 0 Å². The van der Waals surface area contributed by atoms with Crippen molar-refractivity contribution in [1.82, 2.24) is 5.32 Å². The molecule has 1 amide bonds. The highest BCUT2D eigenvalue weighted by molar-refractivity contribution is 7.80. The maximum absolute atomic E-state index is 11.1. The molecule has 1 aliphatic rings. The summed E-state index contributed by atoms with van der Waals surface area (Å²) in [4.78, 5) is 11.1. The normalized spacial score (nSPS) is 13.8. The number of thiol groups is 1. The molecule has 0 saturated heterocycles. The van der Waals surface area contributed by atoms with E-state index in [0.717, 1.165) is 24.2 Å². The molecule has 3 nitrogen and oxygen atoms in total. The predicted molar refractivity (Wildman–Crippen MR) is 64.3 cm³/mol. The zero-order chi connectivity index (χ0) is 10.7. The summed E-state index contributed by atoms with van der Waals surface area (Å²) in [7, 11) is 0. The van der Waals surface area contributed by atoms with Crippen molar-refractivity contribution in [1.29, 1.82) is 0 Å². The fourth-order valence-electron chi connectivity index (χ4n) is 1.75. The molecule has 1 aromatic rings. The lowest BCUT2D eigenvalue weighted by atomic mass is 10.1. The van der Waals surface area contributed by atoms with Crippen molar-refractivity contribution in [3.05, 3.63) is 29.3 Å². The summed E-state index contributed by atoms with van der Waals surface area (Å²) in [6.45, 7) is 0.920. The van der Waals surface area contributed by atoms with Crippen LogP contribution in [0.5, 0.6) is 0 Å². The SMILES string of the molecule is O=C1Cc2cc(CCNCS)ccc2N1. The number of hydrogen-bond acceptors (Lipinski definition) is 3. The first-order chi connectivity index (χ1) is 7.29. The molecular formula is C11H14N2OS. The van der Waals surface area contributed by atoms with Crippen LogP contribution in [0.1, 0.15) is 11.1 Å². The molecule has 1 aromatic carbocycles. The monoisotopic (exact) mass is 222 g/mol. The first-order valence-corrected chi connectivity index (χ1v) is 5.66. The minimum Gasteiger partial charge on any atom is -0.326 e. The minimum atomic E-state index is 0.0932. The van der Waals surface area contributed by atoms with E-state index in [2.05, 4.69) is 35.4 Å². The third kappa shape index (κ3) is 2.52. The zero-order valence-electron chi connectivity index (χ0n) is 8.42. The first kappa shape index (κ1) is 10.5. The molecule has 4 heteroatoms. The Morgan fingerprint density at radius 3 is 3.13 bits per heavy atom. The van der Waals surface area contributed by atoms with E-state index >= 15 is 0 Å². The van der Waals surface area contributed by atoms with E-state index < -0.39 is 0 Å². The van der Waals surface area contributed by atoms with Crippen molar-refractivity contribution >= 4 is 24.2 Å². The smallest absolute Gasteiger partial charge is 0.228 e. The highest BCUT2D eigenvalue weighted by Gasteiger charge is 2.16. The molecule has 0 bridgehead atoms. The van der Waals surface area contributed by atoms with E-state index in [9.17, 15) is 4.79 Å². The summed E-state index contributed by atoms with van der Waals surface area (Å²) in [6, 6.07) is 6.15. The van der Waals surface area contributed by atoms with E-state index in [1.165, 1.54) is 5.56 Å². The van der Waals surface area contributed by atoms with E-state index in [-0.39, 0.29) is 5.91 Å². The molecule has 1 aliphatic heterocycles. The highest BCUT2D eigenvalue weighted by atomic mass is 32.1. The summed E-state index contributed by atoms with van der Waals surface area (Å²) in [5.74, 6) is 0.793. The molecule has 1 heterocycles.